The monoisotopic (exact) mass is 418 g/mol. The van der Waals surface area contributed by atoms with Crippen LogP contribution in [-0.4, -0.2) is 60.2 Å². The third kappa shape index (κ3) is 4.11. The minimum atomic E-state index is -0.923. The summed E-state index contributed by atoms with van der Waals surface area (Å²) in [5, 5.41) is 9.46. The molecule has 7 nitrogen and oxygen atoms in total. The van der Waals surface area contributed by atoms with E-state index in [2.05, 4.69) is 11.9 Å². The molecule has 0 spiro atoms. The van der Waals surface area contributed by atoms with Crippen LogP contribution >= 0.6 is 11.3 Å². The van der Waals surface area contributed by atoms with Gasteiger partial charge in [-0.05, 0) is 37.6 Å². The second kappa shape index (κ2) is 8.08. The molecule has 0 saturated carbocycles. The van der Waals surface area contributed by atoms with Crippen molar-refractivity contribution in [2.45, 2.75) is 25.7 Å². The molecule has 2 amide bonds. The molecule has 2 aliphatic rings. The van der Waals surface area contributed by atoms with Crippen LogP contribution in [0.4, 0.5) is 20.0 Å². The lowest BCUT2D eigenvalue weighted by atomic mass is 10.1. The highest BCUT2D eigenvalue weighted by Crippen LogP contribution is 2.33. The number of rotatable bonds is 5. The zero-order valence-electron chi connectivity index (χ0n) is 16.2. The molecule has 0 aliphatic carbocycles. The molecular weight excluding hydrogens is 395 g/mol. The lowest BCUT2D eigenvalue weighted by Crippen LogP contribution is -2.32. The Labute approximate surface area is 172 Å². The largest absolute Gasteiger partial charge is 0.481 e. The summed E-state index contributed by atoms with van der Waals surface area (Å²) >= 11 is 1.56. The van der Waals surface area contributed by atoms with Crippen molar-refractivity contribution in [2.24, 2.45) is 0 Å². The minimum Gasteiger partial charge on any atom is -0.481 e. The molecule has 0 unspecified atom stereocenters. The van der Waals surface area contributed by atoms with Gasteiger partial charge in [-0.2, -0.15) is 0 Å². The van der Waals surface area contributed by atoms with Crippen molar-refractivity contribution in [3.63, 3.8) is 0 Å². The number of carboxylic acids is 1. The molecule has 29 heavy (non-hydrogen) atoms. The van der Waals surface area contributed by atoms with Crippen LogP contribution in [0, 0.1) is 5.82 Å². The number of anilines is 2. The molecule has 4 rings (SSSR count). The maximum atomic E-state index is 14.6. The number of thiazole rings is 1. The quantitative estimate of drug-likeness (QED) is 0.808. The van der Waals surface area contributed by atoms with Gasteiger partial charge in [0.25, 0.3) is 0 Å². The van der Waals surface area contributed by atoms with E-state index in [9.17, 15) is 14.0 Å². The Bertz CT molecular complexity index is 922. The summed E-state index contributed by atoms with van der Waals surface area (Å²) in [5.74, 6) is -1.44. The lowest BCUT2D eigenvalue weighted by molar-refractivity contribution is -0.136. The normalized spacial score (nSPS) is 17.5. The molecule has 2 aliphatic heterocycles. The summed E-state index contributed by atoms with van der Waals surface area (Å²) in [6.07, 6.45) is 2.01. The van der Waals surface area contributed by atoms with E-state index in [-0.39, 0.29) is 24.6 Å². The zero-order valence-corrected chi connectivity index (χ0v) is 17.0. The Morgan fingerprint density at radius 2 is 1.97 bits per heavy atom. The third-order valence-corrected chi connectivity index (χ3v) is 6.57. The highest BCUT2D eigenvalue weighted by Gasteiger charge is 2.34. The summed E-state index contributed by atoms with van der Waals surface area (Å²) in [4.78, 5) is 34.9. The highest BCUT2D eigenvalue weighted by molar-refractivity contribution is 7.16. The van der Waals surface area contributed by atoms with Crippen LogP contribution in [0.25, 0.3) is 0 Å². The van der Waals surface area contributed by atoms with E-state index in [4.69, 9.17) is 10.1 Å². The number of aliphatic carboxylic acids is 1. The van der Waals surface area contributed by atoms with Crippen LogP contribution < -0.4 is 9.80 Å². The Balaban J connectivity index is 1.49. The van der Waals surface area contributed by atoms with Crippen LogP contribution in [0.2, 0.25) is 0 Å². The topological polar surface area (TPSA) is 77.0 Å². The summed E-state index contributed by atoms with van der Waals surface area (Å²) in [5.41, 5.74) is 1.89. The van der Waals surface area contributed by atoms with Crippen LogP contribution in [-0.2, 0) is 24.1 Å². The van der Waals surface area contributed by atoms with Crippen molar-refractivity contribution in [3.05, 3.63) is 40.2 Å². The number of aromatic nitrogens is 1. The van der Waals surface area contributed by atoms with Crippen molar-refractivity contribution in [1.82, 2.24) is 9.88 Å². The van der Waals surface area contributed by atoms with Gasteiger partial charge in [0, 0.05) is 43.9 Å². The molecule has 154 valence electrons. The predicted octanol–water partition coefficient (Wildman–Crippen LogP) is 2.78. The minimum absolute atomic E-state index is 0.0558. The van der Waals surface area contributed by atoms with Gasteiger partial charge in [0.15, 0.2) is 5.13 Å². The van der Waals surface area contributed by atoms with E-state index in [0.717, 1.165) is 31.6 Å². The number of nitrogens with zero attached hydrogens (tertiary/aromatic N) is 4. The molecule has 9 heteroatoms. The number of likely N-dealkylation sites (N-methyl/N-ethyl adjacent to an activating group) is 1. The number of aryl methyl sites for hydroxylation is 1. The molecule has 1 aromatic carbocycles. The van der Waals surface area contributed by atoms with E-state index in [0.29, 0.717) is 23.8 Å². The molecule has 0 radical (unpaired) electrons. The van der Waals surface area contributed by atoms with Crippen LogP contribution in [0.1, 0.15) is 22.6 Å². The summed E-state index contributed by atoms with van der Waals surface area (Å²) in [6.45, 7) is 2.78. The van der Waals surface area contributed by atoms with Crippen molar-refractivity contribution in [3.8, 4) is 0 Å². The number of carbonyl (C=O) groups excluding carboxylic acids is 1. The van der Waals surface area contributed by atoms with E-state index in [1.54, 1.807) is 28.4 Å². The van der Waals surface area contributed by atoms with E-state index >= 15 is 0 Å². The molecule has 1 N–H and O–H groups in total. The summed E-state index contributed by atoms with van der Waals surface area (Å²) in [6, 6.07) is 4.28. The maximum absolute atomic E-state index is 14.6. The van der Waals surface area contributed by atoms with Gasteiger partial charge in [0.05, 0.1) is 11.4 Å². The first-order chi connectivity index (χ1) is 13.9. The predicted molar refractivity (Wildman–Crippen MR) is 109 cm³/mol. The van der Waals surface area contributed by atoms with Gasteiger partial charge in [-0.15, -0.1) is 11.3 Å². The molecule has 3 heterocycles. The fourth-order valence-corrected chi connectivity index (χ4v) is 4.81. The van der Waals surface area contributed by atoms with Crippen molar-refractivity contribution >= 4 is 34.2 Å². The van der Waals surface area contributed by atoms with Gasteiger partial charge >= 0.3 is 12.0 Å². The molecule has 1 aromatic heterocycles. The van der Waals surface area contributed by atoms with Crippen molar-refractivity contribution in [2.75, 3.05) is 43.0 Å². The lowest BCUT2D eigenvalue weighted by Gasteiger charge is -2.18. The van der Waals surface area contributed by atoms with E-state index in [1.807, 2.05) is 0 Å². The number of halogens is 1. The third-order valence-electron chi connectivity index (χ3n) is 5.39. The number of carbonyl (C=O) groups is 2. The smallest absolute Gasteiger partial charge is 0.330 e. The Morgan fingerprint density at radius 3 is 2.72 bits per heavy atom. The number of urea groups is 1. The Kier molecular flexibility index (Phi) is 5.51. The van der Waals surface area contributed by atoms with Crippen LogP contribution in [0.3, 0.4) is 0 Å². The number of amides is 2. The maximum Gasteiger partial charge on any atom is 0.330 e. The van der Waals surface area contributed by atoms with Gasteiger partial charge in [-0.1, -0.05) is 6.07 Å². The molecule has 0 atom stereocenters. The number of fused-ring (bicyclic) bond motifs is 1. The molecule has 1 saturated heterocycles. The van der Waals surface area contributed by atoms with E-state index in [1.165, 1.54) is 15.8 Å². The fourth-order valence-electron chi connectivity index (χ4n) is 3.69. The first-order valence-electron chi connectivity index (χ1n) is 9.69. The molecular formula is C20H23FN4O3S. The zero-order chi connectivity index (χ0) is 20.5. The van der Waals surface area contributed by atoms with Gasteiger partial charge in [-0.3, -0.25) is 14.6 Å². The highest BCUT2D eigenvalue weighted by atomic mass is 32.1. The summed E-state index contributed by atoms with van der Waals surface area (Å²) in [7, 11) is 2.10. The van der Waals surface area contributed by atoms with Gasteiger partial charge < -0.3 is 10.0 Å². The van der Waals surface area contributed by atoms with Crippen molar-refractivity contribution < 1.29 is 19.1 Å². The Hall–Kier alpha value is -2.52. The van der Waals surface area contributed by atoms with Crippen LogP contribution in [0.5, 0.6) is 0 Å². The average Bonchev–Trinajstić information content (AvgIpc) is 3.21. The standard InChI is InChI=1S/C20H23FN4O3S/c1-23-8-6-15-17(7-9-23)29-19(22-15)25-11-10-24(20(25)28)16-4-2-13(12-14(16)21)3-5-18(26)27/h2,4,12H,3,5-11H2,1H3,(H,26,27). The summed E-state index contributed by atoms with van der Waals surface area (Å²) < 4.78 is 14.6. The van der Waals surface area contributed by atoms with Gasteiger partial charge in [-0.25, -0.2) is 14.2 Å². The fraction of sp³-hybridized carbons (Fsp3) is 0.450. The van der Waals surface area contributed by atoms with E-state index < -0.39 is 11.8 Å². The van der Waals surface area contributed by atoms with Gasteiger partial charge in [0.2, 0.25) is 0 Å². The molecule has 2 aromatic rings. The molecule has 0 bridgehead atoms. The second-order valence-corrected chi connectivity index (χ2v) is 8.50. The first kappa shape index (κ1) is 19.8. The number of benzene rings is 1. The number of hydrogen-bond acceptors (Lipinski definition) is 5. The Morgan fingerprint density at radius 1 is 1.21 bits per heavy atom. The van der Waals surface area contributed by atoms with Gasteiger partial charge in [0.1, 0.15) is 5.82 Å². The first-order valence-corrected chi connectivity index (χ1v) is 10.5. The van der Waals surface area contributed by atoms with Crippen molar-refractivity contribution in [1.29, 1.82) is 0 Å². The van der Waals surface area contributed by atoms with Crippen LogP contribution in [0.15, 0.2) is 18.2 Å². The molecule has 1 fully saturated rings. The SMILES string of the molecule is CN1CCc2nc(N3CCN(c4ccc(CCC(=O)O)cc4F)C3=O)sc2CC1. The second-order valence-electron chi connectivity index (χ2n) is 7.43. The average molecular weight is 418 g/mol. The number of hydrogen-bond donors (Lipinski definition) is 1. The number of carboxylic acid groups (broad SMARTS) is 1.